The molecular formula is C14H22FN3O2S. The maximum Gasteiger partial charge on any atom is 0.242 e. The predicted molar refractivity (Wildman–Crippen MR) is 78.9 cm³/mol. The second-order valence-electron chi connectivity index (χ2n) is 5.43. The van der Waals surface area contributed by atoms with Crippen molar-refractivity contribution >= 4 is 10.0 Å². The van der Waals surface area contributed by atoms with Crippen LogP contribution < -0.4 is 4.72 Å². The molecule has 1 aromatic heterocycles. The van der Waals surface area contributed by atoms with Crippen LogP contribution in [0.25, 0.3) is 0 Å². The molecule has 1 N–H and O–H groups in total. The van der Waals surface area contributed by atoms with Crippen molar-refractivity contribution in [2.75, 3.05) is 19.6 Å². The van der Waals surface area contributed by atoms with Crippen LogP contribution in [0.2, 0.25) is 0 Å². The highest BCUT2D eigenvalue weighted by Gasteiger charge is 2.24. The number of aromatic nitrogens is 1. The smallest absolute Gasteiger partial charge is 0.242 e. The van der Waals surface area contributed by atoms with Gasteiger partial charge < -0.3 is 4.90 Å². The Bertz CT molecular complexity index is 557. The highest BCUT2D eigenvalue weighted by molar-refractivity contribution is 7.89. The van der Waals surface area contributed by atoms with Gasteiger partial charge in [0, 0.05) is 12.2 Å². The lowest BCUT2D eigenvalue weighted by Gasteiger charge is -2.32. The van der Waals surface area contributed by atoms with Crippen molar-refractivity contribution in [3.63, 3.8) is 0 Å². The van der Waals surface area contributed by atoms with Gasteiger partial charge in [-0.05, 0) is 45.0 Å². The van der Waals surface area contributed by atoms with Crippen LogP contribution in [-0.2, 0) is 10.0 Å². The SMILES string of the molecule is CCCCN1CCC(NS(=O)(=O)c2cncc(F)c2)CC1. The van der Waals surface area contributed by atoms with Crippen LogP contribution in [0.5, 0.6) is 0 Å². The average Bonchev–Trinajstić information content (AvgIpc) is 2.46. The summed E-state index contributed by atoms with van der Waals surface area (Å²) in [6.45, 7) is 5.03. The Hall–Kier alpha value is -1.05. The zero-order valence-electron chi connectivity index (χ0n) is 12.3. The third-order valence-electron chi connectivity index (χ3n) is 3.73. The van der Waals surface area contributed by atoms with Gasteiger partial charge in [0.2, 0.25) is 10.0 Å². The van der Waals surface area contributed by atoms with E-state index in [0.29, 0.717) is 0 Å². The number of unbranched alkanes of at least 4 members (excludes halogenated alkanes) is 1. The number of piperidine rings is 1. The van der Waals surface area contributed by atoms with Crippen molar-refractivity contribution < 1.29 is 12.8 Å². The molecule has 7 heteroatoms. The summed E-state index contributed by atoms with van der Waals surface area (Å²) < 4.78 is 40.1. The normalized spacial score (nSPS) is 18.0. The number of halogens is 1. The van der Waals surface area contributed by atoms with E-state index in [9.17, 15) is 12.8 Å². The minimum absolute atomic E-state index is 0.0869. The van der Waals surface area contributed by atoms with Crippen LogP contribution in [-0.4, -0.2) is 44.0 Å². The number of pyridine rings is 1. The number of likely N-dealkylation sites (tertiary alicyclic amines) is 1. The molecule has 1 saturated heterocycles. The van der Waals surface area contributed by atoms with Gasteiger partial charge in [-0.2, -0.15) is 0 Å². The summed E-state index contributed by atoms with van der Waals surface area (Å²) in [4.78, 5) is 5.83. The van der Waals surface area contributed by atoms with E-state index >= 15 is 0 Å². The molecule has 1 aromatic rings. The summed E-state index contributed by atoms with van der Waals surface area (Å²) in [7, 11) is -3.69. The molecule has 0 aliphatic carbocycles. The van der Waals surface area contributed by atoms with Crippen molar-refractivity contribution in [1.82, 2.24) is 14.6 Å². The van der Waals surface area contributed by atoms with Gasteiger partial charge in [0.25, 0.3) is 0 Å². The fraction of sp³-hybridized carbons (Fsp3) is 0.643. The highest BCUT2D eigenvalue weighted by atomic mass is 32.2. The molecule has 0 unspecified atom stereocenters. The topological polar surface area (TPSA) is 62.3 Å². The average molecular weight is 315 g/mol. The van der Waals surface area contributed by atoms with E-state index in [1.807, 2.05) is 0 Å². The molecule has 2 heterocycles. The first-order chi connectivity index (χ1) is 10.0. The van der Waals surface area contributed by atoms with Gasteiger partial charge in [-0.1, -0.05) is 13.3 Å². The number of hydrogen-bond donors (Lipinski definition) is 1. The van der Waals surface area contributed by atoms with Crippen molar-refractivity contribution in [3.05, 3.63) is 24.3 Å². The molecule has 1 aliphatic heterocycles. The molecule has 1 fully saturated rings. The lowest BCUT2D eigenvalue weighted by Crippen LogP contribution is -2.44. The molecule has 0 bridgehead atoms. The monoisotopic (exact) mass is 315 g/mol. The maximum absolute atomic E-state index is 13.1. The van der Waals surface area contributed by atoms with Gasteiger partial charge in [0.1, 0.15) is 10.7 Å². The van der Waals surface area contributed by atoms with Gasteiger partial charge >= 0.3 is 0 Å². The number of rotatable bonds is 6. The second-order valence-corrected chi connectivity index (χ2v) is 7.14. The molecule has 118 valence electrons. The number of nitrogens with one attached hydrogen (secondary N) is 1. The zero-order valence-corrected chi connectivity index (χ0v) is 13.1. The van der Waals surface area contributed by atoms with Gasteiger partial charge in [0.05, 0.1) is 6.20 Å². The minimum atomic E-state index is -3.69. The van der Waals surface area contributed by atoms with E-state index < -0.39 is 15.8 Å². The van der Waals surface area contributed by atoms with E-state index in [0.717, 1.165) is 44.7 Å². The molecule has 0 saturated carbocycles. The van der Waals surface area contributed by atoms with E-state index in [2.05, 4.69) is 21.5 Å². The third-order valence-corrected chi connectivity index (χ3v) is 5.21. The number of sulfonamides is 1. The van der Waals surface area contributed by atoms with Crippen molar-refractivity contribution in [2.45, 2.75) is 43.5 Å². The molecule has 0 aromatic carbocycles. The van der Waals surface area contributed by atoms with Crippen molar-refractivity contribution in [2.24, 2.45) is 0 Å². The Balaban J connectivity index is 1.90. The maximum atomic E-state index is 13.1. The van der Waals surface area contributed by atoms with Crippen LogP contribution in [0, 0.1) is 5.82 Å². The lowest BCUT2D eigenvalue weighted by molar-refractivity contribution is 0.205. The predicted octanol–water partition coefficient (Wildman–Crippen LogP) is 1.76. The molecule has 5 nitrogen and oxygen atoms in total. The first-order valence-corrected chi connectivity index (χ1v) is 8.85. The van der Waals surface area contributed by atoms with Gasteiger partial charge in [-0.25, -0.2) is 17.5 Å². The summed E-state index contributed by atoms with van der Waals surface area (Å²) in [6, 6.07) is 0.905. The fourth-order valence-corrected chi connectivity index (χ4v) is 3.76. The van der Waals surface area contributed by atoms with E-state index in [4.69, 9.17) is 0 Å². The lowest BCUT2D eigenvalue weighted by atomic mass is 10.1. The molecular weight excluding hydrogens is 293 g/mol. The van der Waals surface area contributed by atoms with Crippen LogP contribution in [0.15, 0.2) is 23.4 Å². The molecule has 0 spiro atoms. The summed E-state index contributed by atoms with van der Waals surface area (Å²) >= 11 is 0. The van der Waals surface area contributed by atoms with Gasteiger partial charge in [-0.15, -0.1) is 0 Å². The molecule has 21 heavy (non-hydrogen) atoms. The van der Waals surface area contributed by atoms with Crippen LogP contribution >= 0.6 is 0 Å². The molecule has 1 aliphatic rings. The first-order valence-electron chi connectivity index (χ1n) is 7.36. The Labute approximate surface area is 125 Å². The van der Waals surface area contributed by atoms with E-state index in [-0.39, 0.29) is 10.9 Å². The van der Waals surface area contributed by atoms with Gasteiger partial charge in [0.15, 0.2) is 0 Å². The van der Waals surface area contributed by atoms with Gasteiger partial charge in [-0.3, -0.25) is 4.98 Å². The standard InChI is InChI=1S/C14H22FN3O2S/c1-2-3-6-18-7-4-13(5-8-18)17-21(19,20)14-9-12(15)10-16-11-14/h9-11,13,17H,2-8H2,1H3. The largest absolute Gasteiger partial charge is 0.303 e. The van der Waals surface area contributed by atoms with Crippen LogP contribution in [0.4, 0.5) is 4.39 Å². The number of nitrogens with zero attached hydrogens (tertiary/aromatic N) is 2. The minimum Gasteiger partial charge on any atom is -0.303 e. The molecule has 0 amide bonds. The number of hydrogen-bond acceptors (Lipinski definition) is 4. The van der Waals surface area contributed by atoms with Crippen molar-refractivity contribution in [3.8, 4) is 0 Å². The summed E-state index contributed by atoms with van der Waals surface area (Å²) in [5.74, 6) is -0.646. The Kier molecular flexibility index (Phi) is 5.66. The summed E-state index contributed by atoms with van der Waals surface area (Å²) in [5.41, 5.74) is 0. The summed E-state index contributed by atoms with van der Waals surface area (Å²) in [5, 5.41) is 0. The zero-order chi connectivity index (χ0) is 15.3. The Morgan fingerprint density at radius 3 is 2.71 bits per heavy atom. The third kappa shape index (κ3) is 4.72. The Morgan fingerprint density at radius 2 is 2.10 bits per heavy atom. The Morgan fingerprint density at radius 1 is 1.38 bits per heavy atom. The highest BCUT2D eigenvalue weighted by Crippen LogP contribution is 2.15. The quantitative estimate of drug-likeness (QED) is 0.869. The first kappa shape index (κ1) is 16.3. The van der Waals surface area contributed by atoms with Crippen LogP contribution in [0.3, 0.4) is 0 Å². The second kappa shape index (κ2) is 7.29. The molecule has 2 rings (SSSR count). The van der Waals surface area contributed by atoms with Crippen LogP contribution in [0.1, 0.15) is 32.6 Å². The summed E-state index contributed by atoms with van der Waals surface area (Å²) in [6.07, 6.45) is 6.06. The fourth-order valence-electron chi connectivity index (χ4n) is 2.48. The van der Waals surface area contributed by atoms with Crippen molar-refractivity contribution in [1.29, 1.82) is 0 Å². The molecule has 0 radical (unpaired) electrons. The molecule has 0 atom stereocenters. The van der Waals surface area contributed by atoms with E-state index in [1.54, 1.807) is 0 Å². The van der Waals surface area contributed by atoms with E-state index in [1.165, 1.54) is 19.0 Å².